The molecule has 1 spiro atoms. The lowest BCUT2D eigenvalue weighted by atomic mass is 10.1. The van der Waals surface area contributed by atoms with Gasteiger partial charge in [-0.3, -0.25) is 0 Å². The number of rotatable bonds is 4. The first-order chi connectivity index (χ1) is 14.6. The number of piperidine rings is 1. The Bertz CT molecular complexity index is 1140. The van der Waals surface area contributed by atoms with Gasteiger partial charge in [-0.1, -0.05) is 0 Å². The first-order valence-corrected chi connectivity index (χ1v) is 12.1. The summed E-state index contributed by atoms with van der Waals surface area (Å²) < 4.78 is 66.7. The Morgan fingerprint density at radius 3 is 2.48 bits per heavy atom. The molecule has 1 saturated carbocycles. The number of alkyl halides is 2. The number of nitrogens with zero attached hydrogens (tertiary/aromatic N) is 5. The van der Waals surface area contributed by atoms with Gasteiger partial charge in [-0.2, -0.15) is 0 Å². The van der Waals surface area contributed by atoms with Gasteiger partial charge >= 0.3 is 0 Å². The average molecular weight is 456 g/mol. The Morgan fingerprint density at radius 2 is 1.87 bits per heavy atom. The zero-order valence-electron chi connectivity index (χ0n) is 17.0. The largest absolute Gasteiger partial charge is 0.354 e. The monoisotopic (exact) mass is 456 g/mol. The number of halogens is 3. The minimum Gasteiger partial charge on any atom is -0.354 e. The SMILES string of the molecule is CS(=O)(=O)N1CCC(Nc2ncc3c(F)cnc(N4CCC5(C4)CC5(F)F)c3n2)CC1. The lowest BCUT2D eigenvalue weighted by Gasteiger charge is -2.30. The van der Waals surface area contributed by atoms with Crippen molar-refractivity contribution in [2.24, 2.45) is 5.41 Å². The van der Waals surface area contributed by atoms with Crippen molar-refractivity contribution in [3.8, 4) is 0 Å². The summed E-state index contributed by atoms with van der Waals surface area (Å²) in [6.45, 7) is 1.38. The third-order valence-electron chi connectivity index (χ3n) is 6.68. The summed E-state index contributed by atoms with van der Waals surface area (Å²) >= 11 is 0. The molecular formula is C19H23F3N6O2S. The zero-order valence-corrected chi connectivity index (χ0v) is 17.8. The fourth-order valence-electron chi connectivity index (χ4n) is 4.67. The predicted octanol–water partition coefficient (Wildman–Crippen LogP) is 2.24. The van der Waals surface area contributed by atoms with Crippen LogP contribution < -0.4 is 10.2 Å². The smallest absolute Gasteiger partial charge is 0.256 e. The second kappa shape index (κ2) is 6.89. The van der Waals surface area contributed by atoms with Crippen molar-refractivity contribution in [3.05, 3.63) is 18.2 Å². The number of hydrogen-bond donors (Lipinski definition) is 1. The lowest BCUT2D eigenvalue weighted by molar-refractivity contribution is 0.0711. The standard InChI is InChI=1S/C19H23F3N6O2S/c1-31(29,30)28-5-2-12(3-6-28)25-17-24-8-13-14(20)9-23-16(15(13)26-17)27-7-4-18(11-27)10-19(18,21)22/h8-9,12H,2-7,10-11H2,1H3,(H,24,25,26). The molecule has 168 valence electrons. The molecule has 5 rings (SSSR count). The van der Waals surface area contributed by atoms with Gasteiger partial charge < -0.3 is 10.2 Å². The fraction of sp³-hybridized carbons (Fsp3) is 0.632. The van der Waals surface area contributed by atoms with Crippen LogP contribution in [-0.4, -0.2) is 72.1 Å². The van der Waals surface area contributed by atoms with Crippen molar-refractivity contribution >= 4 is 32.7 Å². The molecule has 4 heterocycles. The molecule has 2 aliphatic heterocycles. The van der Waals surface area contributed by atoms with Crippen LogP contribution in [0.4, 0.5) is 24.9 Å². The molecule has 3 aliphatic rings. The maximum Gasteiger partial charge on any atom is 0.256 e. The van der Waals surface area contributed by atoms with Crippen molar-refractivity contribution in [1.82, 2.24) is 19.3 Å². The van der Waals surface area contributed by atoms with Gasteiger partial charge in [-0.05, 0) is 19.3 Å². The first kappa shape index (κ1) is 20.7. The molecule has 1 atom stereocenters. The fourth-order valence-corrected chi connectivity index (χ4v) is 5.54. The molecule has 0 amide bonds. The Balaban J connectivity index is 1.38. The molecule has 2 aromatic heterocycles. The van der Waals surface area contributed by atoms with Crippen LogP contribution in [0.25, 0.3) is 10.9 Å². The number of pyridine rings is 1. The summed E-state index contributed by atoms with van der Waals surface area (Å²) in [7, 11) is -3.22. The molecule has 2 aromatic rings. The number of hydrogen-bond acceptors (Lipinski definition) is 7. The van der Waals surface area contributed by atoms with Crippen LogP contribution in [0.3, 0.4) is 0 Å². The van der Waals surface area contributed by atoms with Gasteiger partial charge in [0.15, 0.2) is 11.6 Å². The number of aromatic nitrogens is 3. The van der Waals surface area contributed by atoms with Gasteiger partial charge in [-0.15, -0.1) is 0 Å². The van der Waals surface area contributed by atoms with E-state index in [-0.39, 0.29) is 35.9 Å². The molecule has 12 heteroatoms. The molecule has 1 N–H and O–H groups in total. The summed E-state index contributed by atoms with van der Waals surface area (Å²) in [6, 6.07) is -0.0272. The highest BCUT2D eigenvalue weighted by Gasteiger charge is 2.72. The van der Waals surface area contributed by atoms with Gasteiger partial charge in [0.2, 0.25) is 16.0 Å². The normalized spacial score (nSPS) is 26.6. The minimum atomic E-state index is -3.22. The van der Waals surface area contributed by atoms with E-state index in [4.69, 9.17) is 0 Å². The molecule has 8 nitrogen and oxygen atoms in total. The van der Waals surface area contributed by atoms with Crippen molar-refractivity contribution in [2.75, 3.05) is 42.7 Å². The predicted molar refractivity (Wildman–Crippen MR) is 109 cm³/mol. The van der Waals surface area contributed by atoms with Crippen LogP contribution in [0.5, 0.6) is 0 Å². The van der Waals surface area contributed by atoms with Gasteiger partial charge in [0, 0.05) is 44.8 Å². The van der Waals surface area contributed by atoms with Crippen LogP contribution in [0.15, 0.2) is 12.4 Å². The molecule has 1 aliphatic carbocycles. The Hall–Kier alpha value is -2.21. The Kier molecular flexibility index (Phi) is 4.60. The molecule has 0 bridgehead atoms. The van der Waals surface area contributed by atoms with Gasteiger partial charge in [0.25, 0.3) is 5.92 Å². The maximum absolute atomic E-state index is 14.3. The Morgan fingerprint density at radius 1 is 1.16 bits per heavy atom. The summed E-state index contributed by atoms with van der Waals surface area (Å²) in [5, 5.41) is 3.38. The Labute approximate surface area is 177 Å². The number of fused-ring (bicyclic) bond motifs is 1. The van der Waals surface area contributed by atoms with E-state index in [1.807, 2.05) is 0 Å². The van der Waals surface area contributed by atoms with E-state index >= 15 is 0 Å². The topological polar surface area (TPSA) is 91.3 Å². The maximum atomic E-state index is 14.3. The molecule has 0 radical (unpaired) electrons. The highest BCUT2D eigenvalue weighted by atomic mass is 32.2. The third-order valence-corrected chi connectivity index (χ3v) is 7.98. The zero-order chi connectivity index (χ0) is 22.0. The van der Waals surface area contributed by atoms with E-state index in [0.717, 1.165) is 6.20 Å². The van der Waals surface area contributed by atoms with Gasteiger partial charge in [0.05, 0.1) is 23.3 Å². The van der Waals surface area contributed by atoms with Gasteiger partial charge in [-0.25, -0.2) is 40.8 Å². The number of nitrogens with one attached hydrogen (secondary N) is 1. The van der Waals surface area contributed by atoms with Crippen molar-refractivity contribution < 1.29 is 21.6 Å². The quantitative estimate of drug-likeness (QED) is 0.755. The molecule has 0 aromatic carbocycles. The average Bonchev–Trinajstić information content (AvgIpc) is 3.02. The highest BCUT2D eigenvalue weighted by molar-refractivity contribution is 7.88. The lowest BCUT2D eigenvalue weighted by Crippen LogP contribution is -2.42. The van der Waals surface area contributed by atoms with E-state index in [1.54, 1.807) is 4.90 Å². The van der Waals surface area contributed by atoms with Crippen molar-refractivity contribution in [1.29, 1.82) is 0 Å². The molecule has 1 unspecified atom stereocenters. The summed E-state index contributed by atoms with van der Waals surface area (Å²) in [5.74, 6) is -2.56. The first-order valence-electron chi connectivity index (χ1n) is 10.2. The molecule has 2 saturated heterocycles. The van der Waals surface area contributed by atoms with E-state index in [2.05, 4.69) is 20.3 Å². The van der Waals surface area contributed by atoms with Crippen LogP contribution in [0.1, 0.15) is 25.7 Å². The minimum absolute atomic E-state index is 0.0272. The van der Waals surface area contributed by atoms with Crippen LogP contribution in [-0.2, 0) is 10.0 Å². The van der Waals surface area contributed by atoms with E-state index in [9.17, 15) is 21.6 Å². The van der Waals surface area contributed by atoms with E-state index in [1.165, 1.54) is 16.8 Å². The van der Waals surface area contributed by atoms with E-state index < -0.39 is 27.2 Å². The summed E-state index contributed by atoms with van der Waals surface area (Å²) in [6.07, 6.45) is 5.06. The second-order valence-corrected chi connectivity index (χ2v) is 10.8. The van der Waals surface area contributed by atoms with Crippen LogP contribution in [0, 0.1) is 11.2 Å². The van der Waals surface area contributed by atoms with Gasteiger partial charge in [0.1, 0.15) is 5.52 Å². The molecular weight excluding hydrogens is 433 g/mol. The summed E-state index contributed by atoms with van der Waals surface area (Å²) in [5.41, 5.74) is -0.719. The number of anilines is 2. The molecule has 31 heavy (non-hydrogen) atoms. The molecule has 3 fully saturated rings. The van der Waals surface area contributed by atoms with Crippen LogP contribution >= 0.6 is 0 Å². The second-order valence-electron chi connectivity index (χ2n) is 8.80. The third kappa shape index (κ3) is 3.59. The van der Waals surface area contributed by atoms with Crippen molar-refractivity contribution in [2.45, 2.75) is 37.6 Å². The highest BCUT2D eigenvalue weighted by Crippen LogP contribution is 2.65. The van der Waals surface area contributed by atoms with E-state index in [0.29, 0.717) is 44.7 Å². The summed E-state index contributed by atoms with van der Waals surface area (Å²) in [4.78, 5) is 14.6. The number of sulfonamides is 1. The van der Waals surface area contributed by atoms with Crippen molar-refractivity contribution in [3.63, 3.8) is 0 Å². The van der Waals surface area contributed by atoms with Crippen LogP contribution in [0.2, 0.25) is 0 Å².